The predicted octanol–water partition coefficient (Wildman–Crippen LogP) is 3.30. The summed E-state index contributed by atoms with van der Waals surface area (Å²) in [6, 6.07) is 0. The molecule has 0 radical (unpaired) electrons. The Morgan fingerprint density at radius 3 is 2.33 bits per heavy atom. The number of aliphatic hydroxyl groups excluding tert-OH is 1. The molecule has 1 fully saturated rings. The lowest BCUT2D eigenvalue weighted by Gasteiger charge is -2.27. The Labute approximate surface area is 111 Å². The van der Waals surface area contributed by atoms with Crippen molar-refractivity contribution >= 4 is 5.97 Å². The molecule has 0 aromatic carbocycles. The molecule has 0 aromatic rings. The molecule has 1 aliphatic rings. The molecule has 3 nitrogen and oxygen atoms in total. The molecule has 0 heterocycles. The van der Waals surface area contributed by atoms with Gasteiger partial charge in [0.15, 0.2) is 0 Å². The van der Waals surface area contributed by atoms with Crippen LogP contribution in [0.3, 0.4) is 0 Å². The van der Waals surface area contributed by atoms with Crippen molar-refractivity contribution in [3.05, 3.63) is 0 Å². The van der Waals surface area contributed by atoms with Crippen LogP contribution in [0, 0.1) is 11.8 Å². The Balaban J connectivity index is 2.61. The largest absolute Gasteiger partial charge is 0.466 e. The van der Waals surface area contributed by atoms with E-state index in [2.05, 4.69) is 0 Å². The molecular formula is C15H28O3. The van der Waals surface area contributed by atoms with Gasteiger partial charge in [-0.25, -0.2) is 0 Å². The zero-order valence-electron chi connectivity index (χ0n) is 11.9. The smallest absolute Gasteiger partial charge is 0.311 e. The first-order valence-corrected chi connectivity index (χ1v) is 7.55. The van der Waals surface area contributed by atoms with Gasteiger partial charge in [0, 0.05) is 0 Å². The van der Waals surface area contributed by atoms with Crippen molar-refractivity contribution in [1.29, 1.82) is 0 Å². The molecule has 1 rings (SSSR count). The number of carbonyl (C=O) groups is 1. The molecule has 1 N–H and O–H groups in total. The second kappa shape index (κ2) is 8.52. The van der Waals surface area contributed by atoms with E-state index in [9.17, 15) is 9.90 Å². The average Bonchev–Trinajstić information content (AvgIpc) is 2.64. The Kier molecular flexibility index (Phi) is 7.33. The first-order chi connectivity index (χ1) is 8.70. The van der Waals surface area contributed by atoms with E-state index >= 15 is 0 Å². The van der Waals surface area contributed by atoms with Gasteiger partial charge in [-0.3, -0.25) is 4.79 Å². The van der Waals surface area contributed by atoms with Crippen LogP contribution in [0.5, 0.6) is 0 Å². The lowest BCUT2D eigenvalue weighted by atomic mass is 9.83. The lowest BCUT2D eigenvalue weighted by Crippen LogP contribution is -2.35. The first-order valence-electron chi connectivity index (χ1n) is 7.55. The summed E-state index contributed by atoms with van der Waals surface area (Å²) in [4.78, 5) is 11.9. The maximum atomic E-state index is 11.9. The second-order valence-corrected chi connectivity index (χ2v) is 5.39. The minimum Gasteiger partial charge on any atom is -0.466 e. The number of aliphatic hydroxyl groups is 1. The van der Waals surface area contributed by atoms with Gasteiger partial charge in [-0.15, -0.1) is 0 Å². The number of esters is 1. The monoisotopic (exact) mass is 256 g/mol. The Hall–Kier alpha value is -0.570. The highest BCUT2D eigenvalue weighted by molar-refractivity contribution is 5.73. The van der Waals surface area contributed by atoms with E-state index in [1.165, 1.54) is 25.7 Å². The van der Waals surface area contributed by atoms with Crippen LogP contribution in [-0.2, 0) is 9.53 Å². The zero-order chi connectivity index (χ0) is 13.4. The highest BCUT2D eigenvalue weighted by Gasteiger charge is 2.33. The summed E-state index contributed by atoms with van der Waals surface area (Å²) in [5, 5.41) is 10.5. The minimum absolute atomic E-state index is 0.212. The molecule has 18 heavy (non-hydrogen) atoms. The summed E-state index contributed by atoms with van der Waals surface area (Å²) in [6.07, 6.45) is 8.14. The van der Waals surface area contributed by atoms with Crippen molar-refractivity contribution in [1.82, 2.24) is 0 Å². The standard InChI is InChI=1S/C15H28O3/c1-3-9-13(15(17)18-4-2)14(16)12-10-7-5-6-8-11-12/h12-14,16H,3-11H2,1-2H3. The van der Waals surface area contributed by atoms with E-state index in [1.807, 2.05) is 13.8 Å². The maximum absolute atomic E-state index is 11.9. The van der Waals surface area contributed by atoms with Gasteiger partial charge in [-0.05, 0) is 32.1 Å². The van der Waals surface area contributed by atoms with Crippen LogP contribution < -0.4 is 0 Å². The molecule has 0 aliphatic heterocycles. The third kappa shape index (κ3) is 4.60. The van der Waals surface area contributed by atoms with Crippen molar-refractivity contribution in [3.8, 4) is 0 Å². The van der Waals surface area contributed by atoms with Gasteiger partial charge in [-0.1, -0.05) is 39.0 Å². The van der Waals surface area contributed by atoms with E-state index in [4.69, 9.17) is 4.74 Å². The molecule has 0 bridgehead atoms. The Morgan fingerprint density at radius 1 is 1.22 bits per heavy atom. The first kappa shape index (κ1) is 15.5. The van der Waals surface area contributed by atoms with Crippen molar-refractivity contribution in [2.24, 2.45) is 11.8 Å². The summed E-state index contributed by atoms with van der Waals surface area (Å²) in [5.74, 6) is -0.248. The molecule has 0 aromatic heterocycles. The summed E-state index contributed by atoms with van der Waals surface area (Å²) >= 11 is 0. The Bertz CT molecular complexity index is 232. The fourth-order valence-corrected chi connectivity index (χ4v) is 2.97. The van der Waals surface area contributed by atoms with Crippen LogP contribution >= 0.6 is 0 Å². The summed E-state index contributed by atoms with van der Waals surface area (Å²) in [7, 11) is 0. The third-order valence-electron chi connectivity index (χ3n) is 3.98. The van der Waals surface area contributed by atoms with Gasteiger partial charge in [0.25, 0.3) is 0 Å². The SMILES string of the molecule is CCCC(C(=O)OCC)C(O)C1CCCCCC1. The van der Waals surface area contributed by atoms with Gasteiger partial charge in [-0.2, -0.15) is 0 Å². The number of hydrogen-bond acceptors (Lipinski definition) is 3. The fraction of sp³-hybridized carbons (Fsp3) is 0.933. The van der Waals surface area contributed by atoms with E-state index in [1.54, 1.807) is 0 Å². The van der Waals surface area contributed by atoms with Crippen LogP contribution in [0.25, 0.3) is 0 Å². The van der Waals surface area contributed by atoms with Crippen LogP contribution in [0.4, 0.5) is 0 Å². The van der Waals surface area contributed by atoms with Crippen LogP contribution in [0.15, 0.2) is 0 Å². The van der Waals surface area contributed by atoms with E-state index in [0.717, 1.165) is 25.7 Å². The maximum Gasteiger partial charge on any atom is 0.311 e. The average molecular weight is 256 g/mol. The fourth-order valence-electron chi connectivity index (χ4n) is 2.97. The van der Waals surface area contributed by atoms with Crippen LogP contribution in [0.2, 0.25) is 0 Å². The number of hydrogen-bond donors (Lipinski definition) is 1. The topological polar surface area (TPSA) is 46.5 Å². The minimum atomic E-state index is -0.512. The van der Waals surface area contributed by atoms with Gasteiger partial charge in [0.1, 0.15) is 0 Å². The summed E-state index contributed by atoms with van der Waals surface area (Å²) in [6.45, 7) is 4.27. The molecular weight excluding hydrogens is 228 g/mol. The quantitative estimate of drug-likeness (QED) is 0.586. The molecule has 2 atom stereocenters. The molecule has 106 valence electrons. The van der Waals surface area contributed by atoms with Gasteiger partial charge in [0.2, 0.25) is 0 Å². The highest BCUT2D eigenvalue weighted by atomic mass is 16.5. The summed E-state index contributed by atoms with van der Waals surface area (Å²) < 4.78 is 5.10. The third-order valence-corrected chi connectivity index (χ3v) is 3.98. The van der Waals surface area contributed by atoms with Crippen molar-refractivity contribution < 1.29 is 14.6 Å². The number of carbonyl (C=O) groups excluding carboxylic acids is 1. The van der Waals surface area contributed by atoms with Crippen LogP contribution in [0.1, 0.15) is 65.2 Å². The molecule has 3 heteroatoms. The van der Waals surface area contributed by atoms with Gasteiger partial charge < -0.3 is 9.84 Å². The highest BCUT2D eigenvalue weighted by Crippen LogP contribution is 2.30. The van der Waals surface area contributed by atoms with Crippen molar-refractivity contribution in [2.45, 2.75) is 71.3 Å². The van der Waals surface area contributed by atoms with Crippen molar-refractivity contribution in [2.75, 3.05) is 6.61 Å². The van der Waals surface area contributed by atoms with E-state index in [0.29, 0.717) is 6.61 Å². The lowest BCUT2D eigenvalue weighted by molar-refractivity contribution is -0.154. The predicted molar refractivity (Wildman–Crippen MR) is 72.2 cm³/mol. The second-order valence-electron chi connectivity index (χ2n) is 5.39. The molecule has 0 amide bonds. The van der Waals surface area contributed by atoms with E-state index in [-0.39, 0.29) is 17.8 Å². The molecule has 2 unspecified atom stereocenters. The number of ether oxygens (including phenoxy) is 1. The normalized spacial score (nSPS) is 21.1. The Morgan fingerprint density at radius 2 is 1.83 bits per heavy atom. The van der Waals surface area contributed by atoms with E-state index < -0.39 is 6.10 Å². The van der Waals surface area contributed by atoms with Crippen LogP contribution in [-0.4, -0.2) is 23.8 Å². The summed E-state index contributed by atoms with van der Waals surface area (Å²) in [5.41, 5.74) is 0. The van der Waals surface area contributed by atoms with Crippen molar-refractivity contribution in [3.63, 3.8) is 0 Å². The molecule has 0 saturated heterocycles. The zero-order valence-corrected chi connectivity index (χ0v) is 11.9. The number of rotatable bonds is 6. The molecule has 1 aliphatic carbocycles. The van der Waals surface area contributed by atoms with Gasteiger partial charge in [0.05, 0.1) is 18.6 Å². The molecule has 1 saturated carbocycles. The molecule has 0 spiro atoms. The van der Waals surface area contributed by atoms with Gasteiger partial charge >= 0.3 is 5.97 Å².